The number of carbonyl (C=O) groups excluding carboxylic acids is 1. The fraction of sp³-hybridized carbons (Fsp3) is 0.971. The predicted octanol–water partition coefficient (Wildman–Crippen LogP) is -25.6. The first-order chi connectivity index (χ1) is 33.5. The molecule has 0 spiro atoms. The zero-order chi connectivity index (χ0) is 55.0. The van der Waals surface area contributed by atoms with Crippen molar-refractivity contribution < 1.29 is 311 Å². The molecule has 5 saturated heterocycles. The number of carboxylic acid groups (broad SMARTS) is 1. The molecule has 9 N–H and O–H groups in total. The van der Waals surface area contributed by atoms with Crippen LogP contribution in [-0.2, 0) is 106 Å². The molecule has 36 nitrogen and oxygen atoms in total. The van der Waals surface area contributed by atoms with Gasteiger partial charge in [0.05, 0.1) is 50.2 Å². The number of aliphatic hydroxyl groups is 6. The molecule has 0 aromatic rings. The van der Waals surface area contributed by atoms with Crippen molar-refractivity contribution in [2.45, 2.75) is 164 Å². The van der Waals surface area contributed by atoms with Crippen molar-refractivity contribution in [3.05, 3.63) is 5.21 Å². The first kappa shape index (κ1) is 88.7. The Bertz CT molecular complexity index is 2330. The number of ether oxygens (including phenoxy) is 9. The van der Waals surface area contributed by atoms with Crippen LogP contribution in [0, 0.1) is 28.9 Å². The number of aliphatic hydroxyl groups excluding tert-OH is 6. The molecule has 0 aromatic heterocycles. The van der Waals surface area contributed by atoms with E-state index in [-0.39, 0.29) is 196 Å². The Morgan fingerprint density at radius 3 is 1.38 bits per heavy atom. The Morgan fingerprint density at radius 1 is 0.463 bits per heavy atom. The third-order valence-electron chi connectivity index (χ3n) is 12.8. The second kappa shape index (κ2) is 37.3. The molecule has 0 bridgehead atoms. The van der Waals surface area contributed by atoms with Gasteiger partial charge in [-0.25, -0.2) is 33.7 Å². The molecule has 0 aliphatic carbocycles. The van der Waals surface area contributed by atoms with Gasteiger partial charge in [-0.1, -0.05) is 27.7 Å². The number of hydroxylamine groups is 1. The van der Waals surface area contributed by atoms with E-state index >= 15 is 0 Å². The monoisotopic (exact) mass is 1320 g/mol. The van der Waals surface area contributed by atoms with Crippen molar-refractivity contribution in [3.63, 3.8) is 0 Å². The van der Waals surface area contributed by atoms with E-state index in [1.54, 1.807) is 0 Å². The molecule has 5 aliphatic rings. The molecule has 0 amide bonds. The zero-order valence-corrected chi connectivity index (χ0v) is 60.0. The fourth-order valence-electron chi connectivity index (χ4n) is 8.53. The van der Waals surface area contributed by atoms with Crippen molar-refractivity contribution in [2.75, 3.05) is 19.8 Å². The molecular formula is C34H55CaNNa5O35S4+. The molecule has 0 radical (unpaired) electrons. The normalized spacial score (nSPS) is 40.5. The van der Waals surface area contributed by atoms with Crippen LogP contribution in [0.2, 0.25) is 0 Å². The van der Waals surface area contributed by atoms with Crippen molar-refractivity contribution >= 4 is 85.3 Å². The Labute approximate surface area is 599 Å². The zero-order valence-electron chi connectivity index (χ0n) is 44.5. The summed E-state index contributed by atoms with van der Waals surface area (Å²) in [6.07, 6.45) is -42.0. The molecule has 0 saturated carbocycles. The van der Waals surface area contributed by atoms with Crippen molar-refractivity contribution in [1.82, 2.24) is 0 Å². The molecule has 436 valence electrons. The van der Waals surface area contributed by atoms with Gasteiger partial charge in [0, 0.05) is 17.8 Å². The van der Waals surface area contributed by atoms with Crippen LogP contribution in [0.1, 0.15) is 34.6 Å². The minimum atomic E-state index is -5.86. The summed E-state index contributed by atoms with van der Waals surface area (Å²) in [4.78, 5) is 12.5. The van der Waals surface area contributed by atoms with Gasteiger partial charge in [0.15, 0.2) is 37.4 Å². The summed E-state index contributed by atoms with van der Waals surface area (Å²) < 4.78 is 206. The van der Waals surface area contributed by atoms with Gasteiger partial charge in [-0.2, -0.15) is 0 Å². The summed E-state index contributed by atoms with van der Waals surface area (Å²) >= 11 is 0. The molecular weight excluding hydrogens is 1270 g/mol. The first-order valence-corrected chi connectivity index (χ1v) is 26.9. The molecule has 25 atom stereocenters. The SMILES string of the molecule is CC1[C@@H](O[C@H]2C(O)C(OS(=O)(=O)[O-])[C@H](O[C@@H]3C(COS(=O)(=O)[O-])O[C@H](C)C(C)[C@H]3O)O[C@H]2[NH2+][O-])OC(COS(=O)(=O)[O-])[C@@H](O[C@@H]2OC(C(=O)[O-])[C@@H](O[C@H]3OC(COS(=O)(=O)[O-])[C@@H](O)[C@H](O)C3C)[C@H](O)C2O)[C@@H]1C.[Ca+2].[Na+].[Na+].[Na+].[Na+].[Na+].[OH-]. The van der Waals surface area contributed by atoms with Crippen molar-refractivity contribution in [2.24, 2.45) is 23.7 Å². The van der Waals surface area contributed by atoms with Gasteiger partial charge in [0.25, 0.3) is 0 Å². The van der Waals surface area contributed by atoms with Crippen molar-refractivity contribution in [3.8, 4) is 0 Å². The van der Waals surface area contributed by atoms with Crippen LogP contribution in [0.5, 0.6) is 0 Å². The van der Waals surface area contributed by atoms with Gasteiger partial charge in [-0.15, -0.1) is 0 Å². The number of aliphatic carboxylic acids is 1. The number of carbonyl (C=O) groups is 1. The van der Waals surface area contributed by atoms with E-state index in [9.17, 15) is 97.6 Å². The quantitative estimate of drug-likeness (QED) is 0.0243. The van der Waals surface area contributed by atoms with E-state index in [2.05, 4.69) is 16.7 Å². The van der Waals surface area contributed by atoms with Gasteiger partial charge >= 0.3 is 186 Å². The summed E-state index contributed by atoms with van der Waals surface area (Å²) in [6, 6.07) is 0. The number of hydrogen-bond acceptors (Lipinski definition) is 35. The Hall–Kier alpha value is 4.49. The smallest absolute Gasteiger partial charge is 0.870 e. The second-order valence-electron chi connectivity index (χ2n) is 17.6. The average Bonchev–Trinajstić information content (AvgIpc) is 3.27. The molecule has 5 rings (SSSR count). The maximum atomic E-state index is 12.6. The van der Waals surface area contributed by atoms with Crippen LogP contribution in [0.25, 0.3) is 0 Å². The first-order valence-electron chi connectivity index (χ1n) is 21.6. The van der Waals surface area contributed by atoms with Gasteiger partial charge in [-0.05, 0) is 12.8 Å². The summed E-state index contributed by atoms with van der Waals surface area (Å²) in [5.41, 5.74) is -0.0263. The van der Waals surface area contributed by atoms with Crippen LogP contribution in [0.15, 0.2) is 0 Å². The van der Waals surface area contributed by atoms with E-state index in [4.69, 9.17) is 42.6 Å². The van der Waals surface area contributed by atoms with E-state index < -0.39 is 220 Å². The molecule has 46 heteroatoms. The molecule has 10 unspecified atom stereocenters. The molecule has 80 heavy (non-hydrogen) atoms. The topological polar surface area (TPSA) is 580 Å². The number of hydrogen-bond donors (Lipinski definition) is 7. The van der Waals surface area contributed by atoms with Crippen LogP contribution < -0.4 is 158 Å². The Morgan fingerprint density at radius 2 is 0.900 bits per heavy atom. The van der Waals surface area contributed by atoms with Crippen LogP contribution in [-0.4, -0.2) is 281 Å². The maximum absolute atomic E-state index is 12.6. The number of carboxylic acids is 1. The van der Waals surface area contributed by atoms with Crippen molar-refractivity contribution in [1.29, 1.82) is 0 Å². The number of quaternary nitrogens is 1. The summed E-state index contributed by atoms with van der Waals surface area (Å²) in [5.74, 6) is -6.65. The van der Waals surface area contributed by atoms with Gasteiger partial charge < -0.3 is 113 Å². The Balaban J connectivity index is -0.00000847. The van der Waals surface area contributed by atoms with Gasteiger partial charge in [0.2, 0.25) is 47.8 Å². The third kappa shape index (κ3) is 24.5. The molecule has 5 fully saturated rings. The average molecular weight is 1320 g/mol. The van der Waals surface area contributed by atoms with E-state index in [0.717, 1.165) is 0 Å². The van der Waals surface area contributed by atoms with E-state index in [1.807, 2.05) is 0 Å². The minimum absolute atomic E-state index is 0. The Kier molecular flexibility index (Phi) is 41.3. The standard InChI is InChI=1S/C34H59NO34S4.Ca.5Na.H2O/c1-9-10(2)31(66-26-22(41)27(69-73(54,55)56)34(68-29(26)35-44)64-24-16(8-59-72(51,52)53)60-13(5)11(3)18(24)37)62-15(7-58-71(48,49)50)23(9)63-33-21(40)20(39)25(28(67-33)30(42)43)65-32-12(4)17(36)19(38)14(61-32)6-57-70(45,46)47;;;;;;;/h9-29,31-34,36-41H,6-8,35H2,1-5H3,(H,42,43)(H,45,46,47)(H,48,49,50)(H,51,52,53)(H,54,55,56);;;;;;;1H2/q;+2;5*+1;/p-6/t9-,10?,11?,12?,13-,14?,15?,16?,17-,18-,19-,20-,21?,22?,23+,24-,25+,26+,27?,28?,29-,31-,32-,33-,34-;;;;;;;/m1......./s1. The van der Waals surface area contributed by atoms with Gasteiger partial charge in [0.1, 0.15) is 61.0 Å². The van der Waals surface area contributed by atoms with Crippen LogP contribution in [0.3, 0.4) is 0 Å². The molecule has 5 aliphatic heterocycles. The molecule has 0 aromatic carbocycles. The van der Waals surface area contributed by atoms with E-state index in [1.165, 1.54) is 34.6 Å². The minimum Gasteiger partial charge on any atom is -0.870 e. The fourth-order valence-corrected chi connectivity index (χ4v) is 9.91. The maximum Gasteiger partial charge on any atom is 2.00 e. The summed E-state index contributed by atoms with van der Waals surface area (Å²) in [5, 5.41) is 91.1. The number of rotatable bonds is 21. The van der Waals surface area contributed by atoms with E-state index in [0.29, 0.717) is 0 Å². The summed E-state index contributed by atoms with van der Waals surface area (Å²) in [7, 11) is -22.2. The third-order valence-corrected chi connectivity index (χ3v) is 14.6. The van der Waals surface area contributed by atoms with Gasteiger partial charge in [-0.3, -0.25) is 21.5 Å². The molecule has 5 heterocycles. The summed E-state index contributed by atoms with van der Waals surface area (Å²) in [6.45, 7) is 3.15. The van der Waals surface area contributed by atoms with Crippen LogP contribution >= 0.6 is 0 Å². The predicted molar refractivity (Wildman–Crippen MR) is 221 cm³/mol. The largest absolute Gasteiger partial charge is 2.00 e. The van der Waals surface area contributed by atoms with Crippen LogP contribution in [0.4, 0.5) is 0 Å². The second-order valence-corrected chi connectivity index (χ2v) is 21.8. The number of nitrogens with two attached hydrogens (primary N) is 1.